The number of anilines is 2. The van der Waals surface area contributed by atoms with Gasteiger partial charge < -0.3 is 20.9 Å². The Morgan fingerprint density at radius 3 is 2.74 bits per heavy atom. The molecule has 1 aliphatic rings. The lowest BCUT2D eigenvalue weighted by Crippen LogP contribution is -2.42. The van der Waals surface area contributed by atoms with Crippen molar-refractivity contribution in [3.8, 4) is 0 Å². The minimum absolute atomic E-state index is 0.106. The third kappa shape index (κ3) is 3.33. The summed E-state index contributed by atoms with van der Waals surface area (Å²) in [7, 11) is 0. The Hall–Kier alpha value is -1.86. The highest BCUT2D eigenvalue weighted by Gasteiger charge is 2.29. The Morgan fingerprint density at radius 2 is 2.16 bits per heavy atom. The van der Waals surface area contributed by atoms with E-state index in [4.69, 9.17) is 10.5 Å². The molecular weight excluding hydrogens is 250 g/mol. The quantitative estimate of drug-likeness (QED) is 0.428. The van der Waals surface area contributed by atoms with Crippen molar-refractivity contribution >= 4 is 17.1 Å². The maximum Gasteiger partial charge on any atom is 0.292 e. The third-order valence-electron chi connectivity index (χ3n) is 3.27. The Labute approximate surface area is 110 Å². The summed E-state index contributed by atoms with van der Waals surface area (Å²) in [5.41, 5.74) is 5.45. The van der Waals surface area contributed by atoms with E-state index < -0.39 is 10.5 Å². The van der Waals surface area contributed by atoms with Crippen molar-refractivity contribution in [1.29, 1.82) is 0 Å². The Morgan fingerprint density at radius 1 is 1.47 bits per heavy atom. The molecule has 0 amide bonds. The number of benzene rings is 1. The van der Waals surface area contributed by atoms with Gasteiger partial charge in [0.2, 0.25) is 0 Å². The average molecular weight is 267 g/mol. The normalized spacial score (nSPS) is 17.9. The van der Waals surface area contributed by atoms with E-state index in [1.807, 2.05) is 0 Å². The third-order valence-corrected chi connectivity index (χ3v) is 3.27. The van der Waals surface area contributed by atoms with Crippen LogP contribution in [0.1, 0.15) is 12.8 Å². The van der Waals surface area contributed by atoms with Crippen molar-refractivity contribution < 1.29 is 14.8 Å². The molecule has 0 saturated carbocycles. The summed E-state index contributed by atoms with van der Waals surface area (Å²) in [5, 5.41) is 24.0. The number of nitrogens with two attached hydrogens (primary N) is 1. The number of rotatable bonds is 4. The molecule has 0 spiro atoms. The van der Waals surface area contributed by atoms with Crippen LogP contribution in [0.25, 0.3) is 0 Å². The summed E-state index contributed by atoms with van der Waals surface area (Å²) in [5.74, 6) is 0. The second kappa shape index (κ2) is 5.41. The van der Waals surface area contributed by atoms with Crippen LogP contribution in [-0.2, 0) is 4.74 Å². The zero-order valence-corrected chi connectivity index (χ0v) is 10.5. The maximum absolute atomic E-state index is 10.6. The monoisotopic (exact) mass is 267 g/mol. The van der Waals surface area contributed by atoms with E-state index in [1.54, 1.807) is 6.07 Å². The van der Waals surface area contributed by atoms with Crippen molar-refractivity contribution in [3.63, 3.8) is 0 Å². The average Bonchev–Trinajstić information content (AvgIpc) is 2.37. The van der Waals surface area contributed by atoms with Crippen LogP contribution in [0, 0.1) is 10.1 Å². The molecule has 0 aliphatic carbocycles. The second-order valence-electron chi connectivity index (χ2n) is 4.72. The fourth-order valence-electron chi connectivity index (χ4n) is 2.03. The topological polar surface area (TPSA) is 111 Å². The number of ether oxygens (including phenoxy) is 1. The first-order chi connectivity index (χ1) is 9.00. The summed E-state index contributed by atoms with van der Waals surface area (Å²) >= 11 is 0. The lowest BCUT2D eigenvalue weighted by Gasteiger charge is -2.32. The van der Waals surface area contributed by atoms with Crippen LogP contribution in [0.5, 0.6) is 0 Å². The number of nitro benzene ring substituents is 1. The van der Waals surface area contributed by atoms with Gasteiger partial charge in [-0.25, -0.2) is 0 Å². The van der Waals surface area contributed by atoms with Crippen LogP contribution in [-0.4, -0.2) is 35.4 Å². The lowest BCUT2D eigenvalue weighted by molar-refractivity contribution is -0.383. The summed E-state index contributed by atoms with van der Waals surface area (Å²) in [4.78, 5) is 10.1. The van der Waals surface area contributed by atoms with Gasteiger partial charge in [-0.1, -0.05) is 0 Å². The van der Waals surface area contributed by atoms with Gasteiger partial charge in [0, 0.05) is 44.4 Å². The Kier molecular flexibility index (Phi) is 3.87. The van der Waals surface area contributed by atoms with E-state index in [-0.39, 0.29) is 11.4 Å². The second-order valence-corrected chi connectivity index (χ2v) is 4.72. The first kappa shape index (κ1) is 13.6. The van der Waals surface area contributed by atoms with Crippen LogP contribution in [0.2, 0.25) is 0 Å². The van der Waals surface area contributed by atoms with Crippen LogP contribution in [0.4, 0.5) is 17.1 Å². The molecule has 0 atom stereocenters. The number of aliphatic hydroxyl groups is 1. The van der Waals surface area contributed by atoms with Crippen molar-refractivity contribution in [1.82, 2.24) is 0 Å². The molecule has 0 unspecified atom stereocenters. The van der Waals surface area contributed by atoms with Crippen molar-refractivity contribution in [2.75, 3.05) is 30.8 Å². The van der Waals surface area contributed by atoms with E-state index in [9.17, 15) is 15.2 Å². The molecule has 1 heterocycles. The Bertz CT molecular complexity index is 472. The fourth-order valence-corrected chi connectivity index (χ4v) is 2.03. The number of hydrogen-bond donors (Lipinski definition) is 3. The van der Waals surface area contributed by atoms with Gasteiger partial charge in [-0.15, -0.1) is 0 Å². The van der Waals surface area contributed by atoms with Crippen LogP contribution in [0.15, 0.2) is 18.2 Å². The fraction of sp³-hybridized carbons (Fsp3) is 0.500. The number of nitrogens with zero attached hydrogens (tertiary/aromatic N) is 1. The van der Waals surface area contributed by atoms with E-state index >= 15 is 0 Å². The first-order valence-corrected chi connectivity index (χ1v) is 6.08. The SMILES string of the molecule is Nc1cc(NCC2(O)CCOCC2)ccc1[N+](=O)[O-]. The van der Waals surface area contributed by atoms with Crippen molar-refractivity contribution in [3.05, 3.63) is 28.3 Å². The van der Waals surface area contributed by atoms with E-state index in [2.05, 4.69) is 5.32 Å². The predicted molar refractivity (Wildman–Crippen MR) is 71.0 cm³/mol. The molecular formula is C12H17N3O4. The summed E-state index contributed by atoms with van der Waals surface area (Å²) in [6.07, 6.45) is 1.14. The molecule has 0 radical (unpaired) electrons. The number of hydrogen-bond acceptors (Lipinski definition) is 6. The molecule has 104 valence electrons. The highest BCUT2D eigenvalue weighted by molar-refractivity contribution is 5.65. The molecule has 19 heavy (non-hydrogen) atoms. The largest absolute Gasteiger partial charge is 0.393 e. The number of nitrogens with one attached hydrogen (secondary N) is 1. The maximum atomic E-state index is 10.6. The standard InChI is InChI=1S/C12H17N3O4/c13-10-7-9(1-2-11(10)15(17)18)14-8-12(16)3-5-19-6-4-12/h1-2,7,14,16H,3-6,8,13H2. The predicted octanol–water partition coefficient (Wildman–Crippen LogP) is 1.13. The summed E-state index contributed by atoms with van der Waals surface area (Å²) < 4.78 is 5.20. The summed E-state index contributed by atoms with van der Waals surface area (Å²) in [6, 6.07) is 4.43. The number of nitrogen functional groups attached to an aromatic ring is 1. The molecule has 1 saturated heterocycles. The lowest BCUT2D eigenvalue weighted by atomic mass is 9.94. The molecule has 7 nitrogen and oxygen atoms in total. The van der Waals surface area contributed by atoms with Crippen molar-refractivity contribution in [2.45, 2.75) is 18.4 Å². The number of nitro groups is 1. The van der Waals surface area contributed by atoms with E-state index in [0.717, 1.165) is 0 Å². The first-order valence-electron chi connectivity index (χ1n) is 6.08. The molecule has 2 rings (SSSR count). The molecule has 1 aromatic carbocycles. The highest BCUT2D eigenvalue weighted by Crippen LogP contribution is 2.26. The van der Waals surface area contributed by atoms with E-state index in [0.29, 0.717) is 38.3 Å². The highest BCUT2D eigenvalue weighted by atomic mass is 16.6. The minimum Gasteiger partial charge on any atom is -0.393 e. The molecule has 0 bridgehead atoms. The molecule has 1 aliphatic heterocycles. The smallest absolute Gasteiger partial charge is 0.292 e. The van der Waals surface area contributed by atoms with Gasteiger partial charge in [0.25, 0.3) is 5.69 Å². The molecule has 1 fully saturated rings. The van der Waals surface area contributed by atoms with Crippen LogP contribution >= 0.6 is 0 Å². The van der Waals surface area contributed by atoms with Gasteiger partial charge >= 0.3 is 0 Å². The van der Waals surface area contributed by atoms with Gasteiger partial charge in [-0.05, 0) is 12.1 Å². The van der Waals surface area contributed by atoms with E-state index in [1.165, 1.54) is 12.1 Å². The van der Waals surface area contributed by atoms with Crippen molar-refractivity contribution in [2.24, 2.45) is 0 Å². The zero-order chi connectivity index (χ0) is 13.9. The molecule has 0 aromatic heterocycles. The summed E-state index contributed by atoms with van der Waals surface area (Å²) in [6.45, 7) is 1.45. The molecule has 1 aromatic rings. The van der Waals surface area contributed by atoms with Gasteiger partial charge in [0.1, 0.15) is 5.69 Å². The molecule has 4 N–H and O–H groups in total. The Balaban J connectivity index is 2.00. The molecule has 7 heteroatoms. The van der Waals surface area contributed by atoms with Gasteiger partial charge in [0.05, 0.1) is 10.5 Å². The van der Waals surface area contributed by atoms with Gasteiger partial charge in [-0.3, -0.25) is 10.1 Å². The van der Waals surface area contributed by atoms with Gasteiger partial charge in [0.15, 0.2) is 0 Å². The van der Waals surface area contributed by atoms with Gasteiger partial charge in [-0.2, -0.15) is 0 Å². The van der Waals surface area contributed by atoms with Crippen LogP contribution < -0.4 is 11.1 Å². The zero-order valence-electron chi connectivity index (χ0n) is 10.5. The minimum atomic E-state index is -0.797. The van der Waals surface area contributed by atoms with Crippen LogP contribution in [0.3, 0.4) is 0 Å².